The third-order valence-corrected chi connectivity index (χ3v) is 3.46. The van der Waals surface area contributed by atoms with Crippen molar-refractivity contribution in [3.05, 3.63) is 35.4 Å². The van der Waals surface area contributed by atoms with E-state index in [0.717, 1.165) is 12.1 Å². The highest BCUT2D eigenvalue weighted by atomic mass is 19.1. The summed E-state index contributed by atoms with van der Waals surface area (Å²) in [5, 5.41) is 18.4. The summed E-state index contributed by atoms with van der Waals surface area (Å²) in [5.41, 5.74) is 0.267. The molecule has 1 saturated heterocycles. The van der Waals surface area contributed by atoms with Crippen LogP contribution in [0.3, 0.4) is 0 Å². The van der Waals surface area contributed by atoms with Crippen molar-refractivity contribution in [1.29, 1.82) is 0 Å². The van der Waals surface area contributed by atoms with Gasteiger partial charge < -0.3 is 14.9 Å². The summed E-state index contributed by atoms with van der Waals surface area (Å²) < 4.78 is 32.3. The maximum atomic E-state index is 13.8. The van der Waals surface area contributed by atoms with Crippen molar-refractivity contribution in [3.63, 3.8) is 0 Å². The van der Waals surface area contributed by atoms with Gasteiger partial charge in [-0.1, -0.05) is 0 Å². The molecule has 2 N–H and O–H groups in total. The van der Waals surface area contributed by atoms with Gasteiger partial charge in [0, 0.05) is 24.7 Å². The van der Waals surface area contributed by atoms with Gasteiger partial charge in [-0.05, 0) is 24.6 Å². The molecule has 2 atom stereocenters. The zero-order valence-corrected chi connectivity index (χ0v) is 11.1. The van der Waals surface area contributed by atoms with E-state index in [1.807, 2.05) is 4.90 Å². The van der Waals surface area contributed by atoms with Crippen LogP contribution in [0, 0.1) is 11.6 Å². The molecule has 0 aromatic heterocycles. The summed E-state index contributed by atoms with van der Waals surface area (Å²) in [7, 11) is 0. The van der Waals surface area contributed by atoms with E-state index in [1.54, 1.807) is 0 Å². The van der Waals surface area contributed by atoms with E-state index < -0.39 is 17.7 Å². The molecule has 1 heterocycles. The number of benzene rings is 1. The van der Waals surface area contributed by atoms with Gasteiger partial charge in [-0.3, -0.25) is 4.90 Å². The van der Waals surface area contributed by atoms with Crippen LogP contribution in [0.2, 0.25) is 0 Å². The van der Waals surface area contributed by atoms with E-state index >= 15 is 0 Å². The van der Waals surface area contributed by atoms with Crippen molar-refractivity contribution in [2.24, 2.45) is 0 Å². The minimum atomic E-state index is -0.555. The summed E-state index contributed by atoms with van der Waals surface area (Å²) in [6.07, 6.45) is -0.180. The lowest BCUT2D eigenvalue weighted by Gasteiger charge is -2.24. The average Bonchev–Trinajstić information content (AvgIpc) is 2.78. The lowest BCUT2D eigenvalue weighted by molar-refractivity contribution is 0.0682. The molecule has 0 bridgehead atoms. The third-order valence-electron chi connectivity index (χ3n) is 3.46. The Kier molecular flexibility index (Phi) is 5.42. The summed E-state index contributed by atoms with van der Waals surface area (Å²) in [6.45, 7) is 1.47. The van der Waals surface area contributed by atoms with Gasteiger partial charge in [0.25, 0.3) is 0 Å². The van der Waals surface area contributed by atoms with Crippen LogP contribution in [0.1, 0.15) is 18.0 Å². The van der Waals surface area contributed by atoms with Gasteiger partial charge in [0.2, 0.25) is 0 Å². The van der Waals surface area contributed by atoms with Crippen molar-refractivity contribution in [2.75, 3.05) is 32.9 Å². The Hall–Kier alpha value is -1.08. The zero-order valence-electron chi connectivity index (χ0n) is 11.1. The highest BCUT2D eigenvalue weighted by Crippen LogP contribution is 2.33. The third kappa shape index (κ3) is 3.73. The number of likely N-dealkylation sites (tertiary alicyclic amines) is 1. The van der Waals surface area contributed by atoms with Gasteiger partial charge >= 0.3 is 0 Å². The average molecular weight is 287 g/mol. The lowest BCUT2D eigenvalue weighted by atomic mass is 10.0. The Balaban J connectivity index is 2.05. The van der Waals surface area contributed by atoms with E-state index in [9.17, 15) is 13.9 Å². The van der Waals surface area contributed by atoms with Crippen molar-refractivity contribution in [1.82, 2.24) is 4.90 Å². The molecule has 1 aromatic carbocycles. The first-order valence-corrected chi connectivity index (χ1v) is 6.67. The molecule has 20 heavy (non-hydrogen) atoms. The topological polar surface area (TPSA) is 52.9 Å². The van der Waals surface area contributed by atoms with Gasteiger partial charge in [-0.25, -0.2) is 8.78 Å². The Bertz CT molecular complexity index is 444. The van der Waals surface area contributed by atoms with Gasteiger partial charge in [0.15, 0.2) is 0 Å². The first-order valence-electron chi connectivity index (χ1n) is 6.67. The number of rotatable bonds is 6. The van der Waals surface area contributed by atoms with Crippen molar-refractivity contribution in [2.45, 2.75) is 18.6 Å². The first-order chi connectivity index (χ1) is 9.61. The van der Waals surface area contributed by atoms with Crippen LogP contribution in [0.5, 0.6) is 0 Å². The molecule has 0 saturated carbocycles. The van der Waals surface area contributed by atoms with Crippen molar-refractivity contribution >= 4 is 0 Å². The second kappa shape index (κ2) is 7.08. The Morgan fingerprint density at radius 2 is 2.10 bits per heavy atom. The normalized spacial score (nSPS) is 23.4. The number of hydrogen-bond acceptors (Lipinski definition) is 4. The smallest absolute Gasteiger partial charge is 0.128 e. The van der Waals surface area contributed by atoms with E-state index in [-0.39, 0.29) is 24.8 Å². The van der Waals surface area contributed by atoms with Gasteiger partial charge in [0.1, 0.15) is 11.6 Å². The number of nitrogens with zero attached hydrogens (tertiary/aromatic N) is 1. The SMILES string of the molecule is OCCOCCN1CC(O)CC1c1cc(F)ccc1F. The van der Waals surface area contributed by atoms with Crippen LogP contribution in [0.15, 0.2) is 18.2 Å². The maximum Gasteiger partial charge on any atom is 0.128 e. The molecule has 1 aliphatic heterocycles. The molecule has 2 unspecified atom stereocenters. The molecular formula is C14H19F2NO3. The van der Waals surface area contributed by atoms with Crippen LogP contribution in [0.25, 0.3) is 0 Å². The molecule has 0 amide bonds. The molecule has 0 radical (unpaired) electrons. The molecule has 4 nitrogen and oxygen atoms in total. The number of ether oxygens (including phenoxy) is 1. The van der Waals surface area contributed by atoms with Crippen LogP contribution >= 0.6 is 0 Å². The highest BCUT2D eigenvalue weighted by Gasteiger charge is 2.33. The maximum absolute atomic E-state index is 13.8. The molecule has 0 spiro atoms. The molecule has 112 valence electrons. The van der Waals surface area contributed by atoms with Crippen LogP contribution < -0.4 is 0 Å². The highest BCUT2D eigenvalue weighted by molar-refractivity contribution is 5.23. The summed E-state index contributed by atoms with van der Waals surface area (Å²) in [4.78, 5) is 1.87. The van der Waals surface area contributed by atoms with E-state index in [2.05, 4.69) is 0 Å². The summed E-state index contributed by atoms with van der Waals surface area (Å²) >= 11 is 0. The molecule has 2 rings (SSSR count). The monoisotopic (exact) mass is 287 g/mol. The quantitative estimate of drug-likeness (QED) is 0.769. The second-order valence-electron chi connectivity index (χ2n) is 4.90. The molecule has 1 aromatic rings. The van der Waals surface area contributed by atoms with Crippen LogP contribution in [-0.4, -0.2) is 54.1 Å². The predicted molar refractivity (Wildman–Crippen MR) is 69.2 cm³/mol. The van der Waals surface area contributed by atoms with E-state index in [4.69, 9.17) is 9.84 Å². The number of aliphatic hydroxyl groups excluding tert-OH is 2. The predicted octanol–water partition coefficient (Wildman–Crippen LogP) is 1.08. The standard InChI is InChI=1S/C14H19F2NO3/c15-10-1-2-13(16)12(7-10)14-8-11(19)9-17(14)3-5-20-6-4-18/h1-2,7,11,14,18-19H,3-6,8-9H2. The molecule has 1 fully saturated rings. The molecular weight excluding hydrogens is 268 g/mol. The minimum absolute atomic E-state index is 0.0510. The first kappa shape index (κ1) is 15.3. The van der Waals surface area contributed by atoms with E-state index in [1.165, 1.54) is 6.07 Å². The van der Waals surface area contributed by atoms with Crippen LogP contribution in [0.4, 0.5) is 8.78 Å². The number of halogens is 2. The van der Waals surface area contributed by atoms with Crippen molar-refractivity contribution in [3.8, 4) is 0 Å². The Morgan fingerprint density at radius 1 is 1.30 bits per heavy atom. The van der Waals surface area contributed by atoms with E-state index in [0.29, 0.717) is 26.1 Å². The summed E-state index contributed by atoms with van der Waals surface area (Å²) in [5.74, 6) is -0.953. The molecule has 6 heteroatoms. The Labute approximate surface area is 116 Å². The largest absolute Gasteiger partial charge is 0.394 e. The van der Waals surface area contributed by atoms with Gasteiger partial charge in [-0.15, -0.1) is 0 Å². The lowest BCUT2D eigenvalue weighted by Crippen LogP contribution is -2.29. The number of β-amino-alcohol motifs (C(OH)–C–C–N with tert-alkyl or cyclic N) is 1. The minimum Gasteiger partial charge on any atom is -0.394 e. The fourth-order valence-corrected chi connectivity index (χ4v) is 2.57. The van der Waals surface area contributed by atoms with Gasteiger partial charge in [-0.2, -0.15) is 0 Å². The second-order valence-corrected chi connectivity index (χ2v) is 4.90. The Morgan fingerprint density at radius 3 is 2.85 bits per heavy atom. The fourth-order valence-electron chi connectivity index (χ4n) is 2.57. The fraction of sp³-hybridized carbons (Fsp3) is 0.571. The van der Waals surface area contributed by atoms with Crippen LogP contribution in [-0.2, 0) is 4.74 Å². The van der Waals surface area contributed by atoms with Crippen molar-refractivity contribution < 1.29 is 23.7 Å². The zero-order chi connectivity index (χ0) is 14.5. The molecule has 1 aliphatic rings. The number of hydrogen-bond donors (Lipinski definition) is 2. The number of aliphatic hydroxyl groups is 2. The summed E-state index contributed by atoms with van der Waals surface area (Å²) in [6, 6.07) is 3.02. The molecule has 0 aliphatic carbocycles. The van der Waals surface area contributed by atoms with Gasteiger partial charge in [0.05, 0.1) is 25.9 Å².